The van der Waals surface area contributed by atoms with Gasteiger partial charge in [-0.2, -0.15) is 0 Å². The summed E-state index contributed by atoms with van der Waals surface area (Å²) in [6.07, 6.45) is 0. The summed E-state index contributed by atoms with van der Waals surface area (Å²) >= 11 is 5.95. The van der Waals surface area contributed by atoms with Gasteiger partial charge in [0, 0.05) is 35.3 Å². The Labute approximate surface area is 129 Å². The zero-order valence-electron chi connectivity index (χ0n) is 12.3. The van der Waals surface area contributed by atoms with Gasteiger partial charge in [-0.1, -0.05) is 29.8 Å². The fourth-order valence-electron chi connectivity index (χ4n) is 2.70. The molecule has 3 heteroatoms. The SMILES string of the molecule is COCc1ccc2c(c1)cc(C)n2Cc1ccc(Cl)cc1. The molecule has 0 bridgehead atoms. The first-order valence-corrected chi connectivity index (χ1v) is 7.37. The topological polar surface area (TPSA) is 14.2 Å². The van der Waals surface area contributed by atoms with Crippen molar-refractivity contribution in [2.45, 2.75) is 20.1 Å². The molecule has 0 saturated carbocycles. The molecule has 0 spiro atoms. The van der Waals surface area contributed by atoms with Gasteiger partial charge in [-0.15, -0.1) is 0 Å². The third-order valence-corrected chi connectivity index (χ3v) is 3.99. The van der Waals surface area contributed by atoms with Crippen molar-refractivity contribution >= 4 is 22.5 Å². The average molecular weight is 300 g/mol. The van der Waals surface area contributed by atoms with E-state index in [0.29, 0.717) is 6.61 Å². The molecule has 2 nitrogen and oxygen atoms in total. The smallest absolute Gasteiger partial charge is 0.0713 e. The van der Waals surface area contributed by atoms with Gasteiger partial charge >= 0.3 is 0 Å². The fraction of sp³-hybridized carbons (Fsp3) is 0.222. The molecule has 0 radical (unpaired) electrons. The highest BCUT2D eigenvalue weighted by atomic mass is 35.5. The van der Waals surface area contributed by atoms with Crippen LogP contribution < -0.4 is 0 Å². The van der Waals surface area contributed by atoms with Crippen LogP contribution in [0.1, 0.15) is 16.8 Å². The molecule has 0 fully saturated rings. The Hall–Kier alpha value is -1.77. The fourth-order valence-corrected chi connectivity index (χ4v) is 2.82. The van der Waals surface area contributed by atoms with Crippen LogP contribution >= 0.6 is 11.6 Å². The Balaban J connectivity index is 1.98. The van der Waals surface area contributed by atoms with E-state index in [1.165, 1.54) is 27.7 Å². The Morgan fingerprint density at radius 1 is 1.00 bits per heavy atom. The summed E-state index contributed by atoms with van der Waals surface area (Å²) in [5, 5.41) is 2.04. The van der Waals surface area contributed by atoms with E-state index in [1.54, 1.807) is 7.11 Å². The predicted octanol–water partition coefficient (Wildman–Crippen LogP) is 4.80. The summed E-state index contributed by atoms with van der Waals surface area (Å²) < 4.78 is 7.53. The molecule has 0 aliphatic heterocycles. The highest BCUT2D eigenvalue weighted by Gasteiger charge is 2.07. The van der Waals surface area contributed by atoms with Crippen molar-refractivity contribution in [2.75, 3.05) is 7.11 Å². The highest BCUT2D eigenvalue weighted by molar-refractivity contribution is 6.30. The van der Waals surface area contributed by atoms with Gasteiger partial charge < -0.3 is 9.30 Å². The highest BCUT2D eigenvalue weighted by Crippen LogP contribution is 2.23. The van der Waals surface area contributed by atoms with Crippen LogP contribution in [0.4, 0.5) is 0 Å². The van der Waals surface area contributed by atoms with Crippen LogP contribution in [0.3, 0.4) is 0 Å². The summed E-state index contributed by atoms with van der Waals surface area (Å²) in [5.74, 6) is 0. The summed E-state index contributed by atoms with van der Waals surface area (Å²) in [7, 11) is 1.72. The van der Waals surface area contributed by atoms with Crippen molar-refractivity contribution in [3.8, 4) is 0 Å². The maximum atomic E-state index is 5.95. The molecule has 108 valence electrons. The molecule has 0 aliphatic carbocycles. The minimum absolute atomic E-state index is 0.650. The number of methoxy groups -OCH3 is 1. The second kappa shape index (κ2) is 5.92. The molecule has 0 atom stereocenters. The van der Waals surface area contributed by atoms with E-state index in [1.807, 2.05) is 12.1 Å². The predicted molar refractivity (Wildman–Crippen MR) is 87.9 cm³/mol. The largest absolute Gasteiger partial charge is 0.380 e. The van der Waals surface area contributed by atoms with E-state index in [9.17, 15) is 0 Å². The van der Waals surface area contributed by atoms with E-state index >= 15 is 0 Å². The number of fused-ring (bicyclic) bond motifs is 1. The van der Waals surface area contributed by atoms with Gasteiger partial charge in [0.2, 0.25) is 0 Å². The lowest BCUT2D eigenvalue weighted by Gasteiger charge is -2.09. The standard InChI is InChI=1S/C18H18ClNO/c1-13-9-16-10-15(12-21-2)5-8-18(16)20(13)11-14-3-6-17(19)7-4-14/h3-10H,11-12H2,1-2H3. The second-order valence-electron chi connectivity index (χ2n) is 5.32. The zero-order valence-corrected chi connectivity index (χ0v) is 13.0. The molecule has 3 aromatic rings. The summed E-state index contributed by atoms with van der Waals surface area (Å²) in [6.45, 7) is 3.65. The molecule has 0 aliphatic rings. The quantitative estimate of drug-likeness (QED) is 0.675. The molecule has 21 heavy (non-hydrogen) atoms. The van der Waals surface area contributed by atoms with Crippen LogP contribution in [-0.2, 0) is 17.9 Å². The van der Waals surface area contributed by atoms with E-state index in [4.69, 9.17) is 16.3 Å². The van der Waals surface area contributed by atoms with Crippen LogP contribution in [-0.4, -0.2) is 11.7 Å². The lowest BCUT2D eigenvalue weighted by Crippen LogP contribution is -2.01. The molecule has 0 unspecified atom stereocenters. The number of hydrogen-bond donors (Lipinski definition) is 0. The summed E-state index contributed by atoms with van der Waals surface area (Å²) in [6, 6.07) is 16.8. The average Bonchev–Trinajstić information content (AvgIpc) is 2.77. The molecule has 0 saturated heterocycles. The zero-order chi connectivity index (χ0) is 14.8. The number of rotatable bonds is 4. The molecular weight excluding hydrogens is 282 g/mol. The summed E-state index contributed by atoms with van der Waals surface area (Å²) in [5.41, 5.74) is 4.96. The molecule has 2 aromatic carbocycles. The van der Waals surface area contributed by atoms with Gasteiger partial charge in [0.15, 0.2) is 0 Å². The van der Waals surface area contributed by atoms with E-state index in [0.717, 1.165) is 11.6 Å². The summed E-state index contributed by atoms with van der Waals surface area (Å²) in [4.78, 5) is 0. The van der Waals surface area contributed by atoms with Crippen molar-refractivity contribution in [3.05, 3.63) is 70.4 Å². The van der Waals surface area contributed by atoms with Crippen molar-refractivity contribution in [2.24, 2.45) is 0 Å². The van der Waals surface area contributed by atoms with Crippen molar-refractivity contribution in [1.82, 2.24) is 4.57 Å². The molecular formula is C18H18ClNO. The lowest BCUT2D eigenvalue weighted by atomic mass is 10.1. The third kappa shape index (κ3) is 2.97. The first-order valence-electron chi connectivity index (χ1n) is 6.99. The number of aryl methyl sites for hydroxylation is 1. The number of benzene rings is 2. The molecule has 0 amide bonds. The van der Waals surface area contributed by atoms with Gasteiger partial charge in [-0.3, -0.25) is 0 Å². The van der Waals surface area contributed by atoms with Gasteiger partial charge in [0.25, 0.3) is 0 Å². The number of nitrogens with zero attached hydrogens (tertiary/aromatic N) is 1. The van der Waals surface area contributed by atoms with Crippen molar-refractivity contribution in [1.29, 1.82) is 0 Å². The van der Waals surface area contributed by atoms with Crippen molar-refractivity contribution in [3.63, 3.8) is 0 Å². The monoisotopic (exact) mass is 299 g/mol. The lowest BCUT2D eigenvalue weighted by molar-refractivity contribution is 0.185. The van der Waals surface area contributed by atoms with Gasteiger partial charge in [0.1, 0.15) is 0 Å². The Morgan fingerprint density at radius 2 is 1.71 bits per heavy atom. The van der Waals surface area contributed by atoms with Crippen LogP contribution in [0.2, 0.25) is 5.02 Å². The molecule has 1 heterocycles. The Morgan fingerprint density at radius 3 is 2.43 bits per heavy atom. The maximum absolute atomic E-state index is 5.95. The van der Waals surface area contributed by atoms with E-state index in [-0.39, 0.29) is 0 Å². The van der Waals surface area contributed by atoms with Crippen LogP contribution in [0.25, 0.3) is 10.9 Å². The number of halogens is 1. The molecule has 1 aromatic heterocycles. The number of ether oxygens (including phenoxy) is 1. The molecule has 0 N–H and O–H groups in total. The first-order chi connectivity index (χ1) is 10.2. The van der Waals surface area contributed by atoms with Gasteiger partial charge in [-0.25, -0.2) is 0 Å². The van der Waals surface area contributed by atoms with Crippen LogP contribution in [0.15, 0.2) is 48.5 Å². The van der Waals surface area contributed by atoms with E-state index < -0.39 is 0 Å². The van der Waals surface area contributed by atoms with Crippen LogP contribution in [0.5, 0.6) is 0 Å². The third-order valence-electron chi connectivity index (χ3n) is 3.74. The Kier molecular flexibility index (Phi) is 4.00. The first kappa shape index (κ1) is 14.2. The minimum atomic E-state index is 0.650. The normalized spacial score (nSPS) is 11.2. The maximum Gasteiger partial charge on any atom is 0.0713 e. The van der Waals surface area contributed by atoms with E-state index in [2.05, 4.69) is 47.9 Å². The van der Waals surface area contributed by atoms with Crippen LogP contribution in [0, 0.1) is 6.92 Å². The molecule has 3 rings (SSSR count). The number of aromatic nitrogens is 1. The number of hydrogen-bond acceptors (Lipinski definition) is 1. The second-order valence-corrected chi connectivity index (χ2v) is 5.76. The Bertz CT molecular complexity index is 759. The van der Waals surface area contributed by atoms with Gasteiger partial charge in [-0.05, 0) is 48.4 Å². The van der Waals surface area contributed by atoms with Crippen molar-refractivity contribution < 1.29 is 4.74 Å². The minimum Gasteiger partial charge on any atom is -0.380 e. The van der Waals surface area contributed by atoms with Gasteiger partial charge in [0.05, 0.1) is 6.61 Å².